The summed E-state index contributed by atoms with van der Waals surface area (Å²) in [6, 6.07) is 10.3. The van der Waals surface area contributed by atoms with Gasteiger partial charge in [-0.05, 0) is 65.0 Å². The van der Waals surface area contributed by atoms with Gasteiger partial charge < -0.3 is 15.1 Å². The van der Waals surface area contributed by atoms with Gasteiger partial charge in [0.1, 0.15) is 5.69 Å². The highest BCUT2D eigenvalue weighted by Crippen LogP contribution is 2.36. The molecule has 0 radical (unpaired) electrons. The Bertz CT molecular complexity index is 790. The molecule has 26 heavy (non-hydrogen) atoms. The molecule has 0 fully saturated rings. The van der Waals surface area contributed by atoms with Gasteiger partial charge >= 0.3 is 0 Å². The molecule has 0 aliphatic carbocycles. The van der Waals surface area contributed by atoms with Gasteiger partial charge in [0.2, 0.25) is 5.95 Å². The number of carbonyl (C=O) groups excluding carboxylic acids is 1. The standard InChI is InChI=1S/C20H27N5O/c1-14-12-17(19(26)21-10-7-11-24(3)4)23-20(22-14)25-15(2)13-16-8-5-6-9-18(16)25/h5-6,8-9,12,15H,7,10-11,13H2,1-4H3,(H,21,26). The molecular formula is C20H27N5O. The number of hydrogen-bond acceptors (Lipinski definition) is 5. The minimum atomic E-state index is -0.143. The van der Waals surface area contributed by atoms with Crippen molar-refractivity contribution in [1.29, 1.82) is 0 Å². The lowest BCUT2D eigenvalue weighted by Gasteiger charge is -2.23. The lowest BCUT2D eigenvalue weighted by molar-refractivity contribution is 0.0947. The van der Waals surface area contributed by atoms with Crippen molar-refractivity contribution < 1.29 is 4.79 Å². The van der Waals surface area contributed by atoms with Crippen LogP contribution in [0, 0.1) is 6.92 Å². The summed E-state index contributed by atoms with van der Waals surface area (Å²) in [6.07, 6.45) is 1.87. The van der Waals surface area contributed by atoms with E-state index in [9.17, 15) is 4.79 Å². The fourth-order valence-electron chi connectivity index (χ4n) is 3.33. The second-order valence-corrected chi connectivity index (χ2v) is 7.16. The van der Waals surface area contributed by atoms with Gasteiger partial charge in [-0.15, -0.1) is 0 Å². The summed E-state index contributed by atoms with van der Waals surface area (Å²) >= 11 is 0. The van der Waals surface area contributed by atoms with Gasteiger partial charge in [-0.2, -0.15) is 0 Å². The van der Waals surface area contributed by atoms with E-state index >= 15 is 0 Å². The van der Waals surface area contributed by atoms with Crippen molar-refractivity contribution in [3.05, 3.63) is 47.3 Å². The first-order chi connectivity index (χ1) is 12.5. The monoisotopic (exact) mass is 353 g/mol. The second-order valence-electron chi connectivity index (χ2n) is 7.16. The molecule has 1 amide bonds. The number of aromatic nitrogens is 2. The van der Waals surface area contributed by atoms with Crippen LogP contribution in [-0.2, 0) is 6.42 Å². The largest absolute Gasteiger partial charge is 0.351 e. The third-order valence-electron chi connectivity index (χ3n) is 4.57. The first-order valence-electron chi connectivity index (χ1n) is 9.11. The minimum absolute atomic E-state index is 0.143. The quantitative estimate of drug-likeness (QED) is 0.809. The molecule has 138 valence electrons. The Kier molecular flexibility index (Phi) is 5.52. The van der Waals surface area contributed by atoms with Crippen molar-refractivity contribution in [2.75, 3.05) is 32.1 Å². The van der Waals surface area contributed by atoms with Gasteiger partial charge in [0.25, 0.3) is 5.91 Å². The van der Waals surface area contributed by atoms with Crippen LogP contribution in [0.3, 0.4) is 0 Å². The number of nitrogens with one attached hydrogen (secondary N) is 1. The fourth-order valence-corrected chi connectivity index (χ4v) is 3.33. The van der Waals surface area contributed by atoms with Gasteiger partial charge in [0.05, 0.1) is 0 Å². The predicted octanol–water partition coefficient (Wildman–Crippen LogP) is 2.55. The molecule has 1 atom stereocenters. The van der Waals surface area contributed by atoms with E-state index in [1.807, 2.05) is 27.1 Å². The van der Waals surface area contributed by atoms with E-state index in [0.717, 1.165) is 30.8 Å². The molecule has 2 heterocycles. The van der Waals surface area contributed by atoms with E-state index in [-0.39, 0.29) is 11.9 Å². The zero-order valence-corrected chi connectivity index (χ0v) is 16.0. The minimum Gasteiger partial charge on any atom is -0.351 e. The average Bonchev–Trinajstić information content (AvgIpc) is 2.93. The van der Waals surface area contributed by atoms with Crippen LogP contribution in [0.25, 0.3) is 0 Å². The van der Waals surface area contributed by atoms with Crippen molar-refractivity contribution in [2.24, 2.45) is 0 Å². The first kappa shape index (κ1) is 18.3. The number of anilines is 2. The average molecular weight is 353 g/mol. The Hall–Kier alpha value is -2.47. The predicted molar refractivity (Wildman–Crippen MR) is 104 cm³/mol. The van der Waals surface area contributed by atoms with Crippen LogP contribution in [0.4, 0.5) is 11.6 Å². The fraction of sp³-hybridized carbons (Fsp3) is 0.450. The summed E-state index contributed by atoms with van der Waals surface area (Å²) < 4.78 is 0. The number of benzene rings is 1. The van der Waals surface area contributed by atoms with Crippen LogP contribution < -0.4 is 10.2 Å². The molecule has 1 aromatic carbocycles. The van der Waals surface area contributed by atoms with E-state index < -0.39 is 0 Å². The second kappa shape index (κ2) is 7.83. The molecule has 3 rings (SSSR count). The Labute approximate surface area is 155 Å². The molecule has 2 aromatic rings. The maximum Gasteiger partial charge on any atom is 0.270 e. The highest BCUT2D eigenvalue weighted by atomic mass is 16.1. The van der Waals surface area contributed by atoms with E-state index in [1.165, 1.54) is 5.56 Å². The molecule has 1 aliphatic heterocycles. The topological polar surface area (TPSA) is 61.4 Å². The van der Waals surface area contributed by atoms with Crippen molar-refractivity contribution in [2.45, 2.75) is 32.7 Å². The normalized spacial score (nSPS) is 16.0. The first-order valence-corrected chi connectivity index (χ1v) is 9.11. The van der Waals surface area contributed by atoms with Crippen LogP contribution in [0.2, 0.25) is 0 Å². The van der Waals surface area contributed by atoms with Crippen LogP contribution in [-0.4, -0.2) is 54.0 Å². The van der Waals surface area contributed by atoms with Crippen LogP contribution >= 0.6 is 0 Å². The number of amides is 1. The summed E-state index contributed by atoms with van der Waals surface area (Å²) in [6.45, 7) is 5.64. The Balaban J connectivity index is 1.79. The van der Waals surface area contributed by atoms with Crippen molar-refractivity contribution in [3.8, 4) is 0 Å². The number of aryl methyl sites for hydroxylation is 1. The molecule has 1 aromatic heterocycles. The van der Waals surface area contributed by atoms with E-state index in [1.54, 1.807) is 6.07 Å². The smallest absolute Gasteiger partial charge is 0.270 e. The van der Waals surface area contributed by atoms with Gasteiger partial charge in [0, 0.05) is 24.0 Å². The lowest BCUT2D eigenvalue weighted by atomic mass is 10.1. The van der Waals surface area contributed by atoms with Crippen molar-refractivity contribution in [3.63, 3.8) is 0 Å². The van der Waals surface area contributed by atoms with E-state index in [0.29, 0.717) is 18.2 Å². The summed E-state index contributed by atoms with van der Waals surface area (Å²) in [7, 11) is 4.05. The molecule has 0 saturated carbocycles. The summed E-state index contributed by atoms with van der Waals surface area (Å²) in [5.41, 5.74) is 3.64. The molecule has 1 N–H and O–H groups in total. The summed E-state index contributed by atoms with van der Waals surface area (Å²) in [5, 5.41) is 2.96. The molecule has 0 saturated heterocycles. The molecule has 6 nitrogen and oxygen atoms in total. The van der Waals surface area contributed by atoms with Crippen LogP contribution in [0.1, 0.15) is 35.1 Å². The maximum atomic E-state index is 12.5. The van der Waals surface area contributed by atoms with Crippen LogP contribution in [0.5, 0.6) is 0 Å². The zero-order valence-electron chi connectivity index (χ0n) is 16.0. The Morgan fingerprint density at radius 2 is 2.08 bits per heavy atom. The number of carbonyl (C=O) groups is 1. The molecule has 0 spiro atoms. The summed E-state index contributed by atoms with van der Waals surface area (Å²) in [5.74, 6) is 0.455. The number of nitrogens with zero attached hydrogens (tertiary/aromatic N) is 4. The molecule has 1 aliphatic rings. The molecule has 0 bridgehead atoms. The summed E-state index contributed by atoms with van der Waals surface area (Å²) in [4.78, 5) is 25.9. The van der Waals surface area contributed by atoms with Gasteiger partial charge in [0.15, 0.2) is 0 Å². The lowest BCUT2D eigenvalue weighted by Crippen LogP contribution is -2.30. The highest BCUT2D eigenvalue weighted by Gasteiger charge is 2.29. The highest BCUT2D eigenvalue weighted by molar-refractivity contribution is 5.92. The number of fused-ring (bicyclic) bond motifs is 1. The SMILES string of the molecule is Cc1cc(C(=O)NCCCN(C)C)nc(N2c3ccccc3CC2C)n1. The Morgan fingerprint density at radius 3 is 2.85 bits per heavy atom. The molecule has 1 unspecified atom stereocenters. The zero-order chi connectivity index (χ0) is 18.7. The molecular weight excluding hydrogens is 326 g/mol. The van der Waals surface area contributed by atoms with E-state index in [2.05, 4.69) is 50.2 Å². The van der Waals surface area contributed by atoms with Crippen molar-refractivity contribution in [1.82, 2.24) is 20.2 Å². The van der Waals surface area contributed by atoms with Crippen molar-refractivity contribution >= 4 is 17.5 Å². The third kappa shape index (κ3) is 4.02. The van der Waals surface area contributed by atoms with Gasteiger partial charge in [-0.3, -0.25) is 4.79 Å². The van der Waals surface area contributed by atoms with Gasteiger partial charge in [-0.25, -0.2) is 9.97 Å². The number of hydrogen-bond donors (Lipinski definition) is 1. The van der Waals surface area contributed by atoms with E-state index in [4.69, 9.17) is 0 Å². The molecule has 6 heteroatoms. The number of rotatable bonds is 6. The van der Waals surface area contributed by atoms with Gasteiger partial charge in [-0.1, -0.05) is 18.2 Å². The third-order valence-corrected chi connectivity index (χ3v) is 4.57. The number of para-hydroxylation sites is 1. The Morgan fingerprint density at radius 1 is 1.31 bits per heavy atom. The van der Waals surface area contributed by atoms with Crippen LogP contribution in [0.15, 0.2) is 30.3 Å². The maximum absolute atomic E-state index is 12.5.